The summed E-state index contributed by atoms with van der Waals surface area (Å²) in [5.74, 6) is 0.0725. The third-order valence-corrected chi connectivity index (χ3v) is 2.05. The van der Waals surface area contributed by atoms with Gasteiger partial charge >= 0.3 is 0 Å². The van der Waals surface area contributed by atoms with E-state index in [-0.39, 0.29) is 5.82 Å². The van der Waals surface area contributed by atoms with Gasteiger partial charge in [-0.3, -0.25) is 4.99 Å². The van der Waals surface area contributed by atoms with Crippen LogP contribution in [0.4, 0.5) is 4.39 Å². The van der Waals surface area contributed by atoms with Crippen molar-refractivity contribution in [1.29, 1.82) is 0 Å². The Labute approximate surface area is 88.8 Å². The predicted molar refractivity (Wildman–Crippen MR) is 58.6 cm³/mol. The molecule has 0 spiro atoms. The highest BCUT2D eigenvalue weighted by Gasteiger charge is 2.02. The zero-order valence-corrected chi connectivity index (χ0v) is 8.96. The molecule has 1 aromatic carbocycles. The van der Waals surface area contributed by atoms with Crippen molar-refractivity contribution < 1.29 is 9.13 Å². The Kier molecular flexibility index (Phi) is 4.24. The van der Waals surface area contributed by atoms with Crippen molar-refractivity contribution in [1.82, 2.24) is 0 Å². The summed E-state index contributed by atoms with van der Waals surface area (Å²) in [6.07, 6.45) is 0. The minimum absolute atomic E-state index is 0.266. The summed E-state index contributed by atoms with van der Waals surface area (Å²) in [5, 5.41) is 0. The molecule has 0 saturated carbocycles. The van der Waals surface area contributed by atoms with E-state index in [0.717, 1.165) is 0 Å². The van der Waals surface area contributed by atoms with Crippen molar-refractivity contribution >= 4 is 5.84 Å². The van der Waals surface area contributed by atoms with Crippen LogP contribution in [0.1, 0.15) is 11.1 Å². The average molecular weight is 210 g/mol. The molecule has 4 heteroatoms. The predicted octanol–water partition coefficient (Wildman–Crippen LogP) is 1.49. The highest BCUT2D eigenvalue weighted by Crippen LogP contribution is 2.08. The monoisotopic (exact) mass is 210 g/mol. The number of benzene rings is 1. The highest BCUT2D eigenvalue weighted by molar-refractivity contribution is 5.97. The van der Waals surface area contributed by atoms with E-state index in [0.29, 0.717) is 30.1 Å². The Morgan fingerprint density at radius 2 is 2.27 bits per heavy atom. The first-order chi connectivity index (χ1) is 7.15. The van der Waals surface area contributed by atoms with Gasteiger partial charge in [-0.05, 0) is 18.6 Å². The van der Waals surface area contributed by atoms with E-state index in [4.69, 9.17) is 10.5 Å². The summed E-state index contributed by atoms with van der Waals surface area (Å²) in [7, 11) is 1.59. The topological polar surface area (TPSA) is 47.6 Å². The van der Waals surface area contributed by atoms with E-state index in [9.17, 15) is 4.39 Å². The lowest BCUT2D eigenvalue weighted by molar-refractivity contribution is 0.208. The van der Waals surface area contributed by atoms with Crippen LogP contribution < -0.4 is 5.73 Å². The molecule has 82 valence electrons. The maximum atomic E-state index is 13.2. The molecule has 0 aliphatic rings. The summed E-state index contributed by atoms with van der Waals surface area (Å²) in [6, 6.07) is 4.83. The van der Waals surface area contributed by atoms with E-state index >= 15 is 0 Å². The van der Waals surface area contributed by atoms with Gasteiger partial charge in [-0.2, -0.15) is 0 Å². The largest absolute Gasteiger partial charge is 0.384 e. The minimum Gasteiger partial charge on any atom is -0.384 e. The number of amidine groups is 1. The number of ether oxygens (including phenoxy) is 1. The number of methoxy groups -OCH3 is 1. The Morgan fingerprint density at radius 1 is 1.53 bits per heavy atom. The molecule has 15 heavy (non-hydrogen) atoms. The van der Waals surface area contributed by atoms with E-state index in [1.807, 2.05) is 0 Å². The smallest absolute Gasteiger partial charge is 0.126 e. The number of aryl methyl sites for hydroxylation is 1. The third-order valence-electron chi connectivity index (χ3n) is 2.05. The van der Waals surface area contributed by atoms with Crippen molar-refractivity contribution in [2.45, 2.75) is 6.92 Å². The quantitative estimate of drug-likeness (QED) is 0.465. The molecule has 3 nitrogen and oxygen atoms in total. The van der Waals surface area contributed by atoms with Crippen LogP contribution in [0.3, 0.4) is 0 Å². The Hall–Kier alpha value is -1.42. The van der Waals surface area contributed by atoms with Gasteiger partial charge in [0.1, 0.15) is 11.7 Å². The lowest BCUT2D eigenvalue weighted by atomic mass is 10.1. The Morgan fingerprint density at radius 3 is 2.87 bits per heavy atom. The van der Waals surface area contributed by atoms with E-state index in [2.05, 4.69) is 4.99 Å². The van der Waals surface area contributed by atoms with Gasteiger partial charge in [-0.25, -0.2) is 4.39 Å². The van der Waals surface area contributed by atoms with Crippen LogP contribution in [0.5, 0.6) is 0 Å². The fourth-order valence-corrected chi connectivity index (χ4v) is 1.10. The summed E-state index contributed by atoms with van der Waals surface area (Å²) in [6.45, 7) is 2.70. The lowest BCUT2D eigenvalue weighted by Gasteiger charge is -2.03. The number of halogens is 1. The Bertz CT molecular complexity index is 364. The van der Waals surface area contributed by atoms with Crippen molar-refractivity contribution in [3.05, 3.63) is 35.1 Å². The maximum absolute atomic E-state index is 13.2. The van der Waals surface area contributed by atoms with E-state index in [1.54, 1.807) is 26.2 Å². The summed E-state index contributed by atoms with van der Waals surface area (Å²) in [4.78, 5) is 4.06. The number of aliphatic imine (C=N–C) groups is 1. The van der Waals surface area contributed by atoms with Crippen LogP contribution in [0.15, 0.2) is 23.2 Å². The number of hydrogen-bond donors (Lipinski definition) is 1. The molecule has 0 amide bonds. The van der Waals surface area contributed by atoms with Crippen LogP contribution >= 0.6 is 0 Å². The van der Waals surface area contributed by atoms with Crippen LogP contribution in [-0.4, -0.2) is 26.1 Å². The van der Waals surface area contributed by atoms with Crippen molar-refractivity contribution in [2.24, 2.45) is 10.7 Å². The zero-order valence-electron chi connectivity index (χ0n) is 8.96. The molecule has 0 atom stereocenters. The lowest BCUT2D eigenvalue weighted by Crippen LogP contribution is -2.15. The van der Waals surface area contributed by atoms with E-state index in [1.165, 1.54) is 6.07 Å². The maximum Gasteiger partial charge on any atom is 0.126 e. The molecule has 0 unspecified atom stereocenters. The molecule has 0 radical (unpaired) electrons. The Balaban J connectivity index is 2.77. The first kappa shape index (κ1) is 11.7. The molecule has 0 aliphatic carbocycles. The van der Waals surface area contributed by atoms with Gasteiger partial charge in [0.05, 0.1) is 13.2 Å². The molecule has 0 aliphatic heterocycles. The minimum atomic E-state index is -0.266. The van der Waals surface area contributed by atoms with Crippen molar-refractivity contribution in [3.8, 4) is 0 Å². The van der Waals surface area contributed by atoms with Crippen molar-refractivity contribution in [3.63, 3.8) is 0 Å². The molecule has 0 aromatic heterocycles. The SMILES string of the molecule is COCCN=C(N)c1ccc(C)c(F)c1. The fourth-order valence-electron chi connectivity index (χ4n) is 1.10. The molecule has 2 N–H and O–H groups in total. The van der Waals surface area contributed by atoms with Crippen LogP contribution in [0.25, 0.3) is 0 Å². The number of nitrogens with zero attached hydrogens (tertiary/aromatic N) is 1. The van der Waals surface area contributed by atoms with Gasteiger partial charge in [0.25, 0.3) is 0 Å². The fraction of sp³-hybridized carbons (Fsp3) is 0.364. The molecule has 0 heterocycles. The second-order valence-corrected chi connectivity index (χ2v) is 3.22. The average Bonchev–Trinajstić information content (AvgIpc) is 2.22. The summed E-state index contributed by atoms with van der Waals surface area (Å²) in [5.41, 5.74) is 6.89. The van der Waals surface area contributed by atoms with Crippen molar-refractivity contribution in [2.75, 3.05) is 20.3 Å². The number of hydrogen-bond acceptors (Lipinski definition) is 2. The van der Waals surface area contributed by atoms with Gasteiger partial charge in [0.15, 0.2) is 0 Å². The molecule has 0 bridgehead atoms. The second kappa shape index (κ2) is 5.46. The van der Waals surface area contributed by atoms with Gasteiger partial charge in [-0.1, -0.05) is 12.1 Å². The van der Waals surface area contributed by atoms with Crippen LogP contribution in [-0.2, 0) is 4.74 Å². The van der Waals surface area contributed by atoms with Gasteiger partial charge in [-0.15, -0.1) is 0 Å². The molecule has 0 saturated heterocycles. The first-order valence-electron chi connectivity index (χ1n) is 4.70. The normalized spacial score (nSPS) is 11.8. The highest BCUT2D eigenvalue weighted by atomic mass is 19.1. The molecule has 0 fully saturated rings. The number of rotatable bonds is 4. The first-order valence-corrected chi connectivity index (χ1v) is 4.70. The van der Waals surface area contributed by atoms with Crippen LogP contribution in [0, 0.1) is 12.7 Å². The second-order valence-electron chi connectivity index (χ2n) is 3.22. The number of nitrogens with two attached hydrogens (primary N) is 1. The molecular weight excluding hydrogens is 195 g/mol. The van der Waals surface area contributed by atoms with E-state index < -0.39 is 0 Å². The van der Waals surface area contributed by atoms with Crippen LogP contribution in [0.2, 0.25) is 0 Å². The zero-order chi connectivity index (χ0) is 11.3. The third kappa shape index (κ3) is 3.32. The van der Waals surface area contributed by atoms with Gasteiger partial charge in [0, 0.05) is 12.7 Å². The molecule has 1 rings (SSSR count). The molecule has 1 aromatic rings. The van der Waals surface area contributed by atoms with Gasteiger partial charge in [0.2, 0.25) is 0 Å². The molecular formula is C11H15FN2O. The van der Waals surface area contributed by atoms with Gasteiger partial charge < -0.3 is 10.5 Å². The summed E-state index contributed by atoms with van der Waals surface area (Å²) >= 11 is 0. The standard InChI is InChI=1S/C11H15FN2O/c1-8-3-4-9(7-10(8)12)11(13)14-5-6-15-2/h3-4,7H,5-6H2,1-2H3,(H2,13,14). The summed E-state index contributed by atoms with van der Waals surface area (Å²) < 4.78 is 18.0.